The van der Waals surface area contributed by atoms with E-state index < -0.39 is 5.82 Å². The lowest BCUT2D eigenvalue weighted by molar-refractivity contribution is -0.137. The summed E-state index contributed by atoms with van der Waals surface area (Å²) in [4.78, 5) is 29.0. The third kappa shape index (κ3) is 5.65. The molecule has 0 atom stereocenters. The van der Waals surface area contributed by atoms with E-state index in [1.54, 1.807) is 21.9 Å². The summed E-state index contributed by atoms with van der Waals surface area (Å²) >= 11 is 0. The van der Waals surface area contributed by atoms with Crippen LogP contribution in [0.1, 0.15) is 34.0 Å². The molecule has 1 aliphatic rings. The molecule has 1 fully saturated rings. The van der Waals surface area contributed by atoms with Crippen molar-refractivity contribution in [3.05, 3.63) is 107 Å². The van der Waals surface area contributed by atoms with E-state index in [1.807, 2.05) is 60.7 Å². The molecule has 0 aliphatic carbocycles. The van der Waals surface area contributed by atoms with Crippen LogP contribution < -0.4 is 0 Å². The Morgan fingerprint density at radius 3 is 1.94 bits per heavy atom. The van der Waals surface area contributed by atoms with Gasteiger partial charge in [-0.1, -0.05) is 72.8 Å². The molecule has 0 spiro atoms. The van der Waals surface area contributed by atoms with Crippen LogP contribution in [-0.2, 0) is 9.53 Å². The van der Waals surface area contributed by atoms with Gasteiger partial charge < -0.3 is 14.5 Å². The van der Waals surface area contributed by atoms with Crippen molar-refractivity contribution in [2.45, 2.75) is 12.5 Å². The largest absolute Gasteiger partial charge is 0.359 e. The molecule has 0 saturated carbocycles. The molecular formula is C27H27FN2O3. The number of ether oxygens (including phenoxy) is 1. The van der Waals surface area contributed by atoms with E-state index in [-0.39, 0.29) is 30.1 Å². The Hall–Kier alpha value is -3.51. The molecule has 0 N–H and O–H groups in total. The van der Waals surface area contributed by atoms with Crippen LogP contribution in [0.15, 0.2) is 84.9 Å². The first-order valence-corrected chi connectivity index (χ1v) is 11.2. The number of nitrogens with zero attached hydrogens (tertiary/aromatic N) is 2. The van der Waals surface area contributed by atoms with E-state index in [9.17, 15) is 14.0 Å². The zero-order chi connectivity index (χ0) is 23.0. The molecule has 6 heteroatoms. The lowest BCUT2D eigenvalue weighted by Crippen LogP contribution is -2.39. The van der Waals surface area contributed by atoms with Gasteiger partial charge in [0, 0.05) is 26.2 Å². The number of benzene rings is 3. The summed E-state index contributed by atoms with van der Waals surface area (Å²) < 4.78 is 20.1. The van der Waals surface area contributed by atoms with E-state index in [4.69, 9.17) is 4.74 Å². The summed E-state index contributed by atoms with van der Waals surface area (Å²) in [6.07, 6.45) is 0.287. The normalized spacial score (nSPS) is 14.2. The Labute approximate surface area is 193 Å². The van der Waals surface area contributed by atoms with Gasteiger partial charge >= 0.3 is 0 Å². The molecule has 170 valence electrons. The highest BCUT2D eigenvalue weighted by Crippen LogP contribution is 2.26. The van der Waals surface area contributed by atoms with Crippen molar-refractivity contribution in [3.63, 3.8) is 0 Å². The molecule has 5 nitrogen and oxygen atoms in total. The number of carbonyl (C=O) groups excluding carboxylic acids is 2. The van der Waals surface area contributed by atoms with E-state index in [0.29, 0.717) is 32.6 Å². The van der Waals surface area contributed by atoms with Crippen LogP contribution in [0.25, 0.3) is 0 Å². The summed E-state index contributed by atoms with van der Waals surface area (Å²) in [5, 5.41) is 0. The van der Waals surface area contributed by atoms with Gasteiger partial charge in [0.1, 0.15) is 18.5 Å². The van der Waals surface area contributed by atoms with Gasteiger partial charge in [-0.25, -0.2) is 4.39 Å². The Morgan fingerprint density at radius 2 is 1.30 bits per heavy atom. The third-order valence-electron chi connectivity index (χ3n) is 5.82. The van der Waals surface area contributed by atoms with Crippen LogP contribution in [0.4, 0.5) is 4.39 Å². The molecule has 0 bridgehead atoms. The molecule has 0 aromatic heterocycles. The lowest BCUT2D eigenvalue weighted by atomic mass is 10.0. The summed E-state index contributed by atoms with van der Waals surface area (Å²) in [7, 11) is 0. The van der Waals surface area contributed by atoms with Gasteiger partial charge in [0.2, 0.25) is 5.91 Å². The second-order valence-electron chi connectivity index (χ2n) is 8.02. The Kier molecular flexibility index (Phi) is 7.47. The van der Waals surface area contributed by atoms with Gasteiger partial charge in [0.15, 0.2) is 0 Å². The second kappa shape index (κ2) is 10.9. The number of amides is 2. The average Bonchev–Trinajstić information content (AvgIpc) is 3.12. The fourth-order valence-electron chi connectivity index (χ4n) is 4.06. The van der Waals surface area contributed by atoms with Crippen molar-refractivity contribution in [1.82, 2.24) is 9.80 Å². The molecule has 3 aromatic rings. The minimum Gasteiger partial charge on any atom is -0.359 e. The lowest BCUT2D eigenvalue weighted by Gasteiger charge is -2.24. The average molecular weight is 447 g/mol. The van der Waals surface area contributed by atoms with Crippen molar-refractivity contribution in [1.29, 1.82) is 0 Å². The smallest absolute Gasteiger partial charge is 0.256 e. The maximum Gasteiger partial charge on any atom is 0.256 e. The Balaban J connectivity index is 1.38. The van der Waals surface area contributed by atoms with Crippen LogP contribution in [0.3, 0.4) is 0 Å². The van der Waals surface area contributed by atoms with Gasteiger partial charge in [-0.2, -0.15) is 0 Å². The zero-order valence-corrected chi connectivity index (χ0v) is 18.4. The van der Waals surface area contributed by atoms with Gasteiger partial charge in [-0.3, -0.25) is 9.59 Å². The van der Waals surface area contributed by atoms with Crippen molar-refractivity contribution >= 4 is 11.8 Å². The third-order valence-corrected chi connectivity index (χ3v) is 5.82. The minimum atomic E-state index is -0.527. The molecule has 3 aromatic carbocycles. The van der Waals surface area contributed by atoms with Crippen molar-refractivity contribution in [2.75, 3.05) is 32.8 Å². The fraction of sp³-hybridized carbons (Fsp3) is 0.259. The first-order chi connectivity index (χ1) is 16.1. The molecule has 0 radical (unpaired) electrons. The molecule has 33 heavy (non-hydrogen) atoms. The molecule has 1 heterocycles. The monoisotopic (exact) mass is 446 g/mol. The van der Waals surface area contributed by atoms with E-state index in [0.717, 1.165) is 11.1 Å². The first-order valence-electron chi connectivity index (χ1n) is 11.2. The quantitative estimate of drug-likeness (QED) is 0.567. The molecule has 4 rings (SSSR count). The highest BCUT2D eigenvalue weighted by molar-refractivity contribution is 5.94. The number of halogens is 1. The van der Waals surface area contributed by atoms with E-state index >= 15 is 0 Å². The highest BCUT2D eigenvalue weighted by Gasteiger charge is 2.25. The molecule has 1 saturated heterocycles. The summed E-state index contributed by atoms with van der Waals surface area (Å²) in [6, 6.07) is 25.6. The Bertz CT molecular complexity index is 1040. The van der Waals surface area contributed by atoms with Gasteiger partial charge in [-0.05, 0) is 29.7 Å². The molecular weight excluding hydrogens is 419 g/mol. The topological polar surface area (TPSA) is 49.9 Å². The van der Waals surface area contributed by atoms with Crippen LogP contribution in [0.2, 0.25) is 0 Å². The van der Waals surface area contributed by atoms with Crippen molar-refractivity contribution in [2.24, 2.45) is 0 Å². The second-order valence-corrected chi connectivity index (χ2v) is 8.02. The first kappa shape index (κ1) is 22.7. The standard InChI is InChI=1S/C27H27FN2O3/c28-24-15-8-7-14-23(24)27(32)30-17-9-16-29(18-19-30)25(31)20-33-26(21-10-3-1-4-11-21)22-12-5-2-6-13-22/h1-8,10-15,26H,9,16-20H2. The number of hydrogen-bond donors (Lipinski definition) is 0. The summed E-state index contributed by atoms with van der Waals surface area (Å²) in [5.41, 5.74) is 2.03. The predicted octanol–water partition coefficient (Wildman–Crippen LogP) is 4.31. The molecule has 2 amide bonds. The highest BCUT2D eigenvalue weighted by atomic mass is 19.1. The summed E-state index contributed by atoms with van der Waals surface area (Å²) in [5.74, 6) is -0.986. The van der Waals surface area contributed by atoms with E-state index in [1.165, 1.54) is 12.1 Å². The van der Waals surface area contributed by atoms with Crippen molar-refractivity contribution < 1.29 is 18.7 Å². The molecule has 0 unspecified atom stereocenters. The number of carbonyl (C=O) groups is 2. The van der Waals surface area contributed by atoms with Crippen LogP contribution in [0.5, 0.6) is 0 Å². The molecule has 1 aliphatic heterocycles. The van der Waals surface area contributed by atoms with Crippen LogP contribution in [-0.4, -0.2) is 54.4 Å². The minimum absolute atomic E-state index is 0.0598. The maximum atomic E-state index is 14.0. The number of rotatable bonds is 6. The summed E-state index contributed by atoms with van der Waals surface area (Å²) in [6.45, 7) is 1.71. The van der Waals surface area contributed by atoms with Gasteiger partial charge in [-0.15, -0.1) is 0 Å². The van der Waals surface area contributed by atoms with Crippen LogP contribution >= 0.6 is 0 Å². The zero-order valence-electron chi connectivity index (χ0n) is 18.4. The fourth-order valence-corrected chi connectivity index (χ4v) is 4.06. The number of hydrogen-bond acceptors (Lipinski definition) is 3. The van der Waals surface area contributed by atoms with Gasteiger partial charge in [0.05, 0.1) is 5.56 Å². The SMILES string of the molecule is O=C(COC(c1ccccc1)c1ccccc1)N1CCCN(C(=O)c2ccccc2F)CC1. The Morgan fingerprint density at radius 1 is 0.758 bits per heavy atom. The maximum absolute atomic E-state index is 14.0. The van der Waals surface area contributed by atoms with Crippen LogP contribution in [0, 0.1) is 5.82 Å². The van der Waals surface area contributed by atoms with E-state index in [2.05, 4.69) is 0 Å². The van der Waals surface area contributed by atoms with Crippen molar-refractivity contribution in [3.8, 4) is 0 Å². The predicted molar refractivity (Wildman–Crippen MR) is 124 cm³/mol. The van der Waals surface area contributed by atoms with Gasteiger partial charge in [0.25, 0.3) is 5.91 Å².